The van der Waals surface area contributed by atoms with Gasteiger partial charge in [-0.05, 0) is 24.3 Å². The van der Waals surface area contributed by atoms with Gasteiger partial charge in [-0.2, -0.15) is 127 Å². The standard InChI is InChI=1S/C32H12BF24.2C8H8.Rh/c34-25(35,36)13-1-14(26(37,38)39)6-21(5-13)33(22-7-15(27(40,41)42)2-16(8-22)28(43,44)45,23-9-17(29(46,47)48)3-18(10-23)30(49,50)51)24-11-19(31(52,53)54)4-20(12-24)32(55,56)57;2*1-2-4-6-8-7-5-3-1;/h1-12H;2*1-2,7-8H2;/q-1;;;. The molecule has 1 radical (unpaired) electrons. The Balaban J connectivity index is 0.000000717. The van der Waals surface area contributed by atoms with Crippen molar-refractivity contribution in [1.29, 1.82) is 0 Å². The van der Waals surface area contributed by atoms with Crippen LogP contribution in [0.2, 0.25) is 0 Å². The van der Waals surface area contributed by atoms with Crippen LogP contribution in [0.15, 0.2) is 72.8 Å². The minimum Gasteiger partial charge on any atom is -0.194 e. The summed E-state index contributed by atoms with van der Waals surface area (Å²) in [7, 11) is 0. The third-order valence-electron chi connectivity index (χ3n) is 10.4. The summed E-state index contributed by atoms with van der Waals surface area (Å²) >= 11 is 0. The van der Waals surface area contributed by atoms with Gasteiger partial charge >= 0.3 is 49.4 Å². The molecule has 4 aromatic rings. The largest absolute Gasteiger partial charge is 0.416 e. The van der Waals surface area contributed by atoms with Crippen molar-refractivity contribution in [3.8, 4) is 47.4 Å². The average molecular weight is 1170 g/mol. The van der Waals surface area contributed by atoms with Crippen molar-refractivity contribution in [3.05, 3.63) is 117 Å². The summed E-state index contributed by atoms with van der Waals surface area (Å²) in [5.74, 6) is 24.3. The molecule has 2 aliphatic rings. The molecule has 0 bridgehead atoms. The summed E-state index contributed by atoms with van der Waals surface area (Å²) in [5.41, 5.74) is -30.2. The number of alkyl halides is 24. The summed E-state index contributed by atoms with van der Waals surface area (Å²) in [6, 6.07) is -8.81. The summed E-state index contributed by atoms with van der Waals surface area (Å²) < 4.78 is 341. The zero-order valence-corrected chi connectivity index (χ0v) is 38.2. The Morgan fingerprint density at radius 2 is 0.324 bits per heavy atom. The molecule has 0 fully saturated rings. The Kier molecular flexibility index (Phi) is 19.7. The Hall–Kier alpha value is -5.87. The van der Waals surface area contributed by atoms with Gasteiger partial charge in [0.1, 0.15) is 6.15 Å². The van der Waals surface area contributed by atoms with Crippen LogP contribution in [0.3, 0.4) is 0 Å². The minimum atomic E-state index is -6.13. The molecule has 0 amide bonds. The zero-order valence-electron chi connectivity index (χ0n) is 36.6. The van der Waals surface area contributed by atoms with E-state index < -0.39 is 195 Å². The van der Waals surface area contributed by atoms with Crippen LogP contribution in [0.1, 0.15) is 95.9 Å². The molecule has 0 saturated carbocycles. The first-order chi connectivity index (χ1) is 33.3. The van der Waals surface area contributed by atoms with Gasteiger partial charge in [0, 0.05) is 70.8 Å². The van der Waals surface area contributed by atoms with Crippen molar-refractivity contribution >= 4 is 28.0 Å². The van der Waals surface area contributed by atoms with Crippen molar-refractivity contribution < 1.29 is 125 Å². The van der Waals surface area contributed by atoms with Crippen molar-refractivity contribution in [2.24, 2.45) is 0 Å². The van der Waals surface area contributed by atoms with E-state index in [1.165, 1.54) is 0 Å². The van der Waals surface area contributed by atoms with Gasteiger partial charge in [0.2, 0.25) is 0 Å². The van der Waals surface area contributed by atoms with Crippen LogP contribution in [0, 0.1) is 47.4 Å². The molecule has 0 heterocycles. The van der Waals surface area contributed by atoms with Gasteiger partial charge in [-0.3, -0.25) is 0 Å². The van der Waals surface area contributed by atoms with E-state index in [2.05, 4.69) is 47.4 Å². The molecule has 6 rings (SSSR count). The van der Waals surface area contributed by atoms with Gasteiger partial charge in [-0.1, -0.05) is 48.5 Å². The first kappa shape index (κ1) is 62.4. The Labute approximate surface area is 417 Å². The number of rotatable bonds is 4. The zero-order chi connectivity index (χ0) is 55.2. The summed E-state index contributed by atoms with van der Waals surface area (Å²) in [6.07, 6.45) is -47.1. The first-order valence-electron chi connectivity index (χ1n) is 20.4. The summed E-state index contributed by atoms with van der Waals surface area (Å²) in [6.45, 7) is 0. The molecular weight excluding hydrogens is 1150 g/mol. The van der Waals surface area contributed by atoms with Crippen LogP contribution in [0.4, 0.5) is 105 Å². The van der Waals surface area contributed by atoms with Gasteiger partial charge in [-0.15, -0.1) is 47.4 Å². The van der Waals surface area contributed by atoms with E-state index in [0.717, 1.165) is 51.4 Å². The molecule has 0 nitrogen and oxygen atoms in total. The van der Waals surface area contributed by atoms with Crippen LogP contribution in [-0.4, -0.2) is 6.15 Å². The molecule has 4 aromatic carbocycles. The minimum absolute atomic E-state index is 0. The van der Waals surface area contributed by atoms with E-state index >= 15 is 0 Å². The Morgan fingerprint density at radius 3 is 0.419 bits per heavy atom. The fraction of sp³-hybridized carbons (Fsp3) is 0.333. The molecule has 74 heavy (non-hydrogen) atoms. The monoisotopic (exact) mass is 1170 g/mol. The average Bonchev–Trinajstić information content (AvgIpc) is 3.21. The third kappa shape index (κ3) is 16.6. The summed E-state index contributed by atoms with van der Waals surface area (Å²) in [5, 5.41) is 0. The topological polar surface area (TPSA) is 0 Å². The fourth-order valence-electron chi connectivity index (χ4n) is 7.28. The van der Waals surface area contributed by atoms with Gasteiger partial charge < -0.3 is 0 Å². The van der Waals surface area contributed by atoms with E-state index in [1.54, 1.807) is 0 Å². The normalized spacial score (nSPS) is 14.5. The summed E-state index contributed by atoms with van der Waals surface area (Å²) in [4.78, 5) is 0. The Morgan fingerprint density at radius 1 is 0.216 bits per heavy atom. The smallest absolute Gasteiger partial charge is 0.194 e. The predicted molar refractivity (Wildman–Crippen MR) is 218 cm³/mol. The molecule has 0 unspecified atom stereocenters. The number of halogens is 24. The molecule has 2 aliphatic carbocycles. The van der Waals surface area contributed by atoms with Crippen molar-refractivity contribution in [2.45, 2.75) is 101 Å². The molecule has 401 valence electrons. The van der Waals surface area contributed by atoms with Gasteiger partial charge in [0.05, 0.1) is 44.5 Å². The van der Waals surface area contributed by atoms with E-state index in [1.807, 2.05) is 0 Å². The van der Waals surface area contributed by atoms with E-state index in [0.29, 0.717) is 0 Å². The van der Waals surface area contributed by atoms with E-state index in [4.69, 9.17) is 0 Å². The quantitative estimate of drug-likeness (QED) is 0.109. The molecule has 0 saturated heterocycles. The molecule has 0 spiro atoms. The molecule has 26 heteroatoms. The fourth-order valence-corrected chi connectivity index (χ4v) is 7.28. The second-order valence-electron chi connectivity index (χ2n) is 15.6. The van der Waals surface area contributed by atoms with Gasteiger partial charge in [0.25, 0.3) is 0 Å². The van der Waals surface area contributed by atoms with Gasteiger partial charge in [0.15, 0.2) is 0 Å². The SMILES string of the molecule is C1#CCCC#CCC1.C1#CCCC#CCC1.FC(F)(F)c1cc([B-](c2cc(C(F)(F)F)cc(C(F)(F)F)c2)(c2cc(C(F)(F)F)cc(C(F)(F)F)c2)c2cc(C(F)(F)F)cc(C(F)(F)F)c2)cc(C(F)(F)F)c1.[Rh]. The third-order valence-corrected chi connectivity index (χ3v) is 10.4. The maximum atomic E-state index is 14.2. The number of hydrogen-bond donors (Lipinski definition) is 0. The first-order valence-corrected chi connectivity index (χ1v) is 20.4. The van der Waals surface area contributed by atoms with E-state index in [9.17, 15) is 105 Å². The molecule has 0 atom stereocenters. The Bertz CT molecular complexity index is 2320. The molecule has 0 N–H and O–H groups in total. The van der Waals surface area contributed by atoms with Crippen LogP contribution < -0.4 is 21.9 Å². The second kappa shape index (κ2) is 23.3. The maximum absolute atomic E-state index is 14.2. The van der Waals surface area contributed by atoms with Crippen molar-refractivity contribution in [2.75, 3.05) is 0 Å². The van der Waals surface area contributed by atoms with Gasteiger partial charge in [-0.25, -0.2) is 0 Å². The van der Waals surface area contributed by atoms with Crippen LogP contribution in [0.5, 0.6) is 0 Å². The second-order valence-corrected chi connectivity index (χ2v) is 15.6. The van der Waals surface area contributed by atoms with Crippen LogP contribution in [-0.2, 0) is 68.9 Å². The van der Waals surface area contributed by atoms with Crippen LogP contribution >= 0.6 is 0 Å². The molecule has 0 aromatic heterocycles. The van der Waals surface area contributed by atoms with Crippen LogP contribution in [0.25, 0.3) is 0 Å². The van der Waals surface area contributed by atoms with Crippen molar-refractivity contribution in [3.63, 3.8) is 0 Å². The maximum Gasteiger partial charge on any atom is 0.416 e. The number of benzene rings is 4. The molecular formula is C48H28BF24Rh-. The molecule has 0 aliphatic heterocycles. The predicted octanol–water partition coefficient (Wildman–Crippen LogP) is 14.3. The van der Waals surface area contributed by atoms with Crippen molar-refractivity contribution in [1.82, 2.24) is 0 Å². The number of hydrogen-bond acceptors (Lipinski definition) is 0. The van der Waals surface area contributed by atoms with E-state index in [-0.39, 0.29) is 19.5 Å².